The van der Waals surface area contributed by atoms with Gasteiger partial charge in [0.1, 0.15) is 0 Å². The maximum Gasteiger partial charge on any atom is 0.0701 e. The highest BCUT2D eigenvalue weighted by atomic mass is 16.5. The fourth-order valence-corrected chi connectivity index (χ4v) is 1.56. The summed E-state index contributed by atoms with van der Waals surface area (Å²) >= 11 is 0. The van der Waals surface area contributed by atoms with Gasteiger partial charge in [-0.1, -0.05) is 18.2 Å². The molecule has 1 rings (SSSR count). The van der Waals surface area contributed by atoms with Gasteiger partial charge in [-0.15, -0.1) is 0 Å². The van der Waals surface area contributed by atoms with Crippen LogP contribution in [0, 0.1) is 13.8 Å². The molecular weight excluding hydrogens is 214 g/mol. The van der Waals surface area contributed by atoms with E-state index < -0.39 is 0 Å². The molecule has 1 unspecified atom stereocenters. The summed E-state index contributed by atoms with van der Waals surface area (Å²) in [6.07, 6.45) is 0. The predicted molar refractivity (Wildman–Crippen MR) is 70.2 cm³/mol. The zero-order valence-corrected chi connectivity index (χ0v) is 11.0. The van der Waals surface area contributed by atoms with Crippen molar-refractivity contribution in [2.24, 2.45) is 5.73 Å². The third-order valence-electron chi connectivity index (χ3n) is 2.83. The van der Waals surface area contributed by atoms with Crippen molar-refractivity contribution in [1.29, 1.82) is 0 Å². The van der Waals surface area contributed by atoms with Gasteiger partial charge in [0.15, 0.2) is 0 Å². The van der Waals surface area contributed by atoms with E-state index in [4.69, 9.17) is 15.2 Å². The van der Waals surface area contributed by atoms with Crippen LogP contribution in [0.15, 0.2) is 18.2 Å². The van der Waals surface area contributed by atoms with E-state index in [9.17, 15) is 0 Å². The summed E-state index contributed by atoms with van der Waals surface area (Å²) in [4.78, 5) is 0. The molecule has 0 heterocycles. The Morgan fingerprint density at radius 1 is 1.12 bits per heavy atom. The molecule has 2 N–H and O–H groups in total. The molecule has 0 spiro atoms. The molecule has 0 saturated heterocycles. The third-order valence-corrected chi connectivity index (χ3v) is 2.83. The number of rotatable bonds is 7. The standard InChI is InChI=1S/C14H23NO2/c1-4-16-7-8-17-10-14(15)13-6-5-11(2)12(3)9-13/h5-6,9,14H,4,7-8,10,15H2,1-3H3. The van der Waals surface area contributed by atoms with Gasteiger partial charge in [-0.05, 0) is 37.5 Å². The summed E-state index contributed by atoms with van der Waals surface area (Å²) in [5, 5.41) is 0. The van der Waals surface area contributed by atoms with Gasteiger partial charge in [0.25, 0.3) is 0 Å². The van der Waals surface area contributed by atoms with E-state index in [1.54, 1.807) is 0 Å². The van der Waals surface area contributed by atoms with E-state index in [0.717, 1.165) is 12.2 Å². The normalized spacial score (nSPS) is 12.7. The minimum Gasteiger partial charge on any atom is -0.379 e. The molecule has 1 atom stereocenters. The van der Waals surface area contributed by atoms with Crippen molar-refractivity contribution in [2.75, 3.05) is 26.4 Å². The van der Waals surface area contributed by atoms with Gasteiger partial charge >= 0.3 is 0 Å². The Bertz CT molecular complexity index is 339. The second kappa shape index (κ2) is 7.43. The molecule has 0 aliphatic rings. The van der Waals surface area contributed by atoms with Crippen molar-refractivity contribution in [3.05, 3.63) is 34.9 Å². The van der Waals surface area contributed by atoms with Crippen molar-refractivity contribution >= 4 is 0 Å². The van der Waals surface area contributed by atoms with Crippen LogP contribution in [0.2, 0.25) is 0 Å². The van der Waals surface area contributed by atoms with Crippen LogP contribution in [0.1, 0.15) is 29.7 Å². The van der Waals surface area contributed by atoms with Crippen LogP contribution in [0.25, 0.3) is 0 Å². The summed E-state index contributed by atoms with van der Waals surface area (Å²) in [7, 11) is 0. The summed E-state index contributed by atoms with van der Waals surface area (Å²) in [5.74, 6) is 0. The summed E-state index contributed by atoms with van der Waals surface area (Å²) < 4.78 is 10.7. The van der Waals surface area contributed by atoms with E-state index in [0.29, 0.717) is 19.8 Å². The van der Waals surface area contributed by atoms with E-state index in [1.807, 2.05) is 6.92 Å². The fourth-order valence-electron chi connectivity index (χ4n) is 1.56. The zero-order valence-electron chi connectivity index (χ0n) is 11.0. The highest BCUT2D eigenvalue weighted by molar-refractivity contribution is 5.31. The monoisotopic (exact) mass is 237 g/mol. The van der Waals surface area contributed by atoms with Crippen LogP contribution in [0.3, 0.4) is 0 Å². The van der Waals surface area contributed by atoms with Gasteiger partial charge in [0.2, 0.25) is 0 Å². The number of ether oxygens (including phenoxy) is 2. The lowest BCUT2D eigenvalue weighted by atomic mass is 10.0. The maximum absolute atomic E-state index is 6.06. The summed E-state index contributed by atoms with van der Waals surface area (Å²) in [6.45, 7) is 8.68. The minimum atomic E-state index is -0.0593. The highest BCUT2D eigenvalue weighted by Gasteiger charge is 2.06. The predicted octanol–water partition coefficient (Wildman–Crippen LogP) is 2.36. The molecule has 0 aliphatic heterocycles. The van der Waals surface area contributed by atoms with Crippen molar-refractivity contribution in [3.8, 4) is 0 Å². The van der Waals surface area contributed by atoms with Gasteiger partial charge in [-0.25, -0.2) is 0 Å². The second-order valence-electron chi connectivity index (χ2n) is 4.22. The van der Waals surface area contributed by atoms with Gasteiger partial charge in [0.05, 0.1) is 25.9 Å². The van der Waals surface area contributed by atoms with Crippen LogP contribution in [-0.2, 0) is 9.47 Å². The van der Waals surface area contributed by atoms with Crippen molar-refractivity contribution in [3.63, 3.8) is 0 Å². The van der Waals surface area contributed by atoms with E-state index >= 15 is 0 Å². The first-order valence-electron chi connectivity index (χ1n) is 6.13. The summed E-state index contributed by atoms with van der Waals surface area (Å²) in [5.41, 5.74) is 9.75. The molecule has 0 aliphatic carbocycles. The molecule has 0 fully saturated rings. The van der Waals surface area contributed by atoms with Gasteiger partial charge in [-0.3, -0.25) is 0 Å². The molecule has 0 radical (unpaired) electrons. The van der Waals surface area contributed by atoms with Crippen LogP contribution < -0.4 is 5.73 Å². The van der Waals surface area contributed by atoms with Crippen LogP contribution in [-0.4, -0.2) is 26.4 Å². The highest BCUT2D eigenvalue weighted by Crippen LogP contribution is 2.15. The lowest BCUT2D eigenvalue weighted by Crippen LogP contribution is -2.19. The molecule has 0 aromatic heterocycles. The van der Waals surface area contributed by atoms with E-state index in [2.05, 4.69) is 32.0 Å². The van der Waals surface area contributed by atoms with Crippen molar-refractivity contribution in [1.82, 2.24) is 0 Å². The smallest absolute Gasteiger partial charge is 0.0701 e. The molecule has 0 saturated carbocycles. The first-order valence-corrected chi connectivity index (χ1v) is 6.13. The van der Waals surface area contributed by atoms with Crippen LogP contribution >= 0.6 is 0 Å². The lowest BCUT2D eigenvalue weighted by Gasteiger charge is -2.14. The molecule has 0 bridgehead atoms. The Labute approximate surface area is 104 Å². The number of aryl methyl sites for hydroxylation is 2. The summed E-state index contributed by atoms with van der Waals surface area (Å²) in [6, 6.07) is 6.24. The second-order valence-corrected chi connectivity index (χ2v) is 4.22. The molecule has 0 amide bonds. The number of hydrogen-bond acceptors (Lipinski definition) is 3. The van der Waals surface area contributed by atoms with Gasteiger partial charge in [0, 0.05) is 6.61 Å². The average Bonchev–Trinajstić information content (AvgIpc) is 2.32. The van der Waals surface area contributed by atoms with Crippen molar-refractivity contribution in [2.45, 2.75) is 26.8 Å². The van der Waals surface area contributed by atoms with Crippen molar-refractivity contribution < 1.29 is 9.47 Å². The molecule has 3 nitrogen and oxygen atoms in total. The van der Waals surface area contributed by atoms with Crippen LogP contribution in [0.5, 0.6) is 0 Å². The molecule has 96 valence electrons. The first-order chi connectivity index (χ1) is 8.15. The number of nitrogens with two attached hydrogens (primary N) is 1. The van der Waals surface area contributed by atoms with E-state index in [-0.39, 0.29) is 6.04 Å². The number of benzene rings is 1. The average molecular weight is 237 g/mol. The largest absolute Gasteiger partial charge is 0.379 e. The molecular formula is C14H23NO2. The Balaban J connectivity index is 2.36. The topological polar surface area (TPSA) is 44.5 Å². The third kappa shape index (κ3) is 4.86. The first kappa shape index (κ1) is 14.2. The Hall–Kier alpha value is -0.900. The minimum absolute atomic E-state index is 0.0593. The molecule has 17 heavy (non-hydrogen) atoms. The van der Waals surface area contributed by atoms with E-state index in [1.165, 1.54) is 11.1 Å². The van der Waals surface area contributed by atoms with Crippen LogP contribution in [0.4, 0.5) is 0 Å². The Kier molecular flexibility index (Phi) is 6.19. The Morgan fingerprint density at radius 3 is 2.47 bits per heavy atom. The lowest BCUT2D eigenvalue weighted by molar-refractivity contribution is 0.0473. The molecule has 1 aromatic rings. The zero-order chi connectivity index (χ0) is 12.7. The van der Waals surface area contributed by atoms with Gasteiger partial charge in [-0.2, -0.15) is 0 Å². The Morgan fingerprint density at radius 2 is 1.82 bits per heavy atom. The molecule has 1 aromatic carbocycles. The molecule has 3 heteroatoms. The number of hydrogen-bond donors (Lipinski definition) is 1. The SMILES string of the molecule is CCOCCOCC(N)c1ccc(C)c(C)c1. The quantitative estimate of drug-likeness (QED) is 0.740. The van der Waals surface area contributed by atoms with Gasteiger partial charge < -0.3 is 15.2 Å². The maximum atomic E-state index is 6.06. The fraction of sp³-hybridized carbons (Fsp3) is 0.571.